The predicted molar refractivity (Wildman–Crippen MR) is 129 cm³/mol. The second-order valence-electron chi connectivity index (χ2n) is 9.00. The maximum absolute atomic E-state index is 14.6. The summed E-state index contributed by atoms with van der Waals surface area (Å²) in [6.45, 7) is 9.49. The fraction of sp³-hybridized carbons (Fsp3) is 0.375. The number of nitrogens with one attached hydrogen (secondary N) is 2. The van der Waals surface area contributed by atoms with E-state index >= 15 is 0 Å². The number of anilines is 3. The van der Waals surface area contributed by atoms with E-state index in [1.807, 2.05) is 39.0 Å². The maximum atomic E-state index is 14.6. The molecule has 0 aliphatic carbocycles. The minimum absolute atomic E-state index is 0.119. The molecule has 1 saturated heterocycles. The van der Waals surface area contributed by atoms with Crippen molar-refractivity contribution in [2.24, 2.45) is 0 Å². The number of aromatic nitrogens is 4. The van der Waals surface area contributed by atoms with Crippen molar-refractivity contribution in [2.75, 3.05) is 43.4 Å². The number of likely N-dealkylation sites (N-methyl/N-ethyl adjacent to an activating group) is 1. The van der Waals surface area contributed by atoms with Crippen molar-refractivity contribution in [2.45, 2.75) is 26.7 Å². The van der Waals surface area contributed by atoms with Gasteiger partial charge in [0.15, 0.2) is 5.82 Å². The van der Waals surface area contributed by atoms with Crippen molar-refractivity contribution >= 4 is 28.4 Å². The van der Waals surface area contributed by atoms with Gasteiger partial charge in [0.25, 0.3) is 0 Å². The highest BCUT2D eigenvalue weighted by molar-refractivity contribution is 5.82. The summed E-state index contributed by atoms with van der Waals surface area (Å²) in [4.78, 5) is 16.6. The highest BCUT2D eigenvalue weighted by Crippen LogP contribution is 2.30. The zero-order valence-electron chi connectivity index (χ0n) is 19.7. The summed E-state index contributed by atoms with van der Waals surface area (Å²) in [5.41, 5.74) is 2.17. The van der Waals surface area contributed by atoms with Gasteiger partial charge in [-0.05, 0) is 32.0 Å². The summed E-state index contributed by atoms with van der Waals surface area (Å²) in [7, 11) is 2.10. The SMILES string of the molecule is Cc1cc2cc(Oc3nc(Nc4cc(C(C)C)no4)cc(N4CCN(C)CC4)n3)cc(F)c2[nH]1. The van der Waals surface area contributed by atoms with Crippen molar-refractivity contribution in [3.05, 3.63) is 47.5 Å². The topological polar surface area (TPSA) is 95.3 Å². The molecule has 0 spiro atoms. The number of rotatable bonds is 6. The van der Waals surface area contributed by atoms with E-state index in [1.165, 1.54) is 6.07 Å². The van der Waals surface area contributed by atoms with E-state index in [4.69, 9.17) is 9.26 Å². The Morgan fingerprint density at radius 1 is 1.09 bits per heavy atom. The molecule has 1 aliphatic rings. The summed E-state index contributed by atoms with van der Waals surface area (Å²) in [6, 6.07) is 8.80. The highest BCUT2D eigenvalue weighted by Gasteiger charge is 2.19. The Hall–Kier alpha value is -3.66. The van der Waals surface area contributed by atoms with Gasteiger partial charge in [-0.15, -0.1) is 0 Å². The van der Waals surface area contributed by atoms with Crippen molar-refractivity contribution < 1.29 is 13.7 Å². The second-order valence-corrected chi connectivity index (χ2v) is 9.00. The second kappa shape index (κ2) is 8.94. The molecule has 34 heavy (non-hydrogen) atoms. The molecule has 1 aromatic carbocycles. The minimum atomic E-state index is -0.392. The van der Waals surface area contributed by atoms with Crippen molar-refractivity contribution in [3.63, 3.8) is 0 Å². The van der Waals surface area contributed by atoms with Crippen LogP contribution in [0.5, 0.6) is 11.8 Å². The van der Waals surface area contributed by atoms with Gasteiger partial charge in [0, 0.05) is 55.5 Å². The lowest BCUT2D eigenvalue weighted by Crippen LogP contribution is -2.44. The monoisotopic (exact) mass is 465 g/mol. The lowest BCUT2D eigenvalue weighted by molar-refractivity contribution is 0.311. The molecule has 0 saturated carbocycles. The van der Waals surface area contributed by atoms with Crippen LogP contribution in [-0.2, 0) is 0 Å². The normalized spacial score (nSPS) is 14.8. The minimum Gasteiger partial charge on any atom is -0.424 e. The molecular formula is C24H28FN7O2. The van der Waals surface area contributed by atoms with Crippen LogP contribution in [0.2, 0.25) is 0 Å². The van der Waals surface area contributed by atoms with Crippen LogP contribution in [0.4, 0.5) is 21.9 Å². The Bertz CT molecular complexity index is 1310. The van der Waals surface area contributed by atoms with Gasteiger partial charge in [-0.2, -0.15) is 9.97 Å². The number of nitrogens with zero attached hydrogens (tertiary/aromatic N) is 5. The average molecular weight is 466 g/mol. The Labute approximate surface area is 196 Å². The number of H-pyrrole nitrogens is 1. The van der Waals surface area contributed by atoms with E-state index in [0.29, 0.717) is 23.0 Å². The Balaban J connectivity index is 1.47. The first-order chi connectivity index (χ1) is 16.3. The fourth-order valence-electron chi connectivity index (χ4n) is 3.94. The van der Waals surface area contributed by atoms with Gasteiger partial charge in [0.1, 0.15) is 17.4 Å². The number of hydrogen-bond donors (Lipinski definition) is 2. The van der Waals surface area contributed by atoms with Gasteiger partial charge >= 0.3 is 6.01 Å². The standard InChI is InChI=1S/C24H28FN7O2/c1-14(2)19-12-22(34-30-19)27-20-13-21(32-7-5-31(4)6-8-32)29-24(28-20)33-17-10-16-9-15(3)26-23(16)18(25)11-17/h9-14,26H,5-8H2,1-4H3,(H,27,28,29). The Kier molecular flexibility index (Phi) is 5.82. The molecule has 1 aliphatic heterocycles. The number of benzene rings is 1. The fourth-order valence-corrected chi connectivity index (χ4v) is 3.94. The van der Waals surface area contributed by atoms with Crippen LogP contribution in [0.3, 0.4) is 0 Å². The molecular weight excluding hydrogens is 437 g/mol. The molecule has 4 heterocycles. The van der Waals surface area contributed by atoms with E-state index in [2.05, 4.69) is 42.3 Å². The Morgan fingerprint density at radius 2 is 1.88 bits per heavy atom. The number of ether oxygens (including phenoxy) is 1. The first kappa shape index (κ1) is 22.1. The number of piperazine rings is 1. The molecule has 4 aromatic rings. The van der Waals surface area contributed by atoms with Crippen LogP contribution in [0.15, 0.2) is 34.9 Å². The highest BCUT2D eigenvalue weighted by atomic mass is 19.1. The van der Waals surface area contributed by atoms with Gasteiger partial charge < -0.3 is 29.4 Å². The number of aryl methyl sites for hydroxylation is 1. The third-order valence-corrected chi connectivity index (χ3v) is 5.89. The molecule has 9 nitrogen and oxygen atoms in total. The Morgan fingerprint density at radius 3 is 2.62 bits per heavy atom. The zero-order valence-corrected chi connectivity index (χ0v) is 19.7. The van der Waals surface area contributed by atoms with Crippen molar-refractivity contribution in [1.82, 2.24) is 25.0 Å². The van der Waals surface area contributed by atoms with Crippen molar-refractivity contribution in [3.8, 4) is 11.8 Å². The third-order valence-electron chi connectivity index (χ3n) is 5.89. The van der Waals surface area contributed by atoms with E-state index in [1.54, 1.807) is 6.07 Å². The van der Waals surface area contributed by atoms with E-state index in [0.717, 1.165) is 48.8 Å². The molecule has 1 fully saturated rings. The van der Waals surface area contributed by atoms with Gasteiger partial charge in [-0.25, -0.2) is 4.39 Å². The number of aromatic amines is 1. The van der Waals surface area contributed by atoms with Crippen LogP contribution >= 0.6 is 0 Å². The average Bonchev–Trinajstić information content (AvgIpc) is 3.40. The smallest absolute Gasteiger partial charge is 0.325 e. The summed E-state index contributed by atoms with van der Waals surface area (Å²) < 4.78 is 26.0. The quantitative estimate of drug-likeness (QED) is 0.419. The zero-order chi connectivity index (χ0) is 23.8. The van der Waals surface area contributed by atoms with Crippen LogP contribution in [0.25, 0.3) is 10.9 Å². The number of halogens is 1. The van der Waals surface area contributed by atoms with Crippen LogP contribution in [0, 0.1) is 12.7 Å². The first-order valence-corrected chi connectivity index (χ1v) is 11.4. The van der Waals surface area contributed by atoms with Gasteiger partial charge in [0.2, 0.25) is 5.88 Å². The molecule has 178 valence electrons. The molecule has 10 heteroatoms. The first-order valence-electron chi connectivity index (χ1n) is 11.4. The lowest BCUT2D eigenvalue weighted by Gasteiger charge is -2.33. The molecule has 3 aromatic heterocycles. The molecule has 0 amide bonds. The predicted octanol–water partition coefficient (Wildman–Crippen LogP) is 4.80. The largest absolute Gasteiger partial charge is 0.424 e. The van der Waals surface area contributed by atoms with E-state index in [-0.39, 0.29) is 11.9 Å². The van der Waals surface area contributed by atoms with E-state index in [9.17, 15) is 4.39 Å². The van der Waals surface area contributed by atoms with Gasteiger partial charge in [-0.3, -0.25) is 0 Å². The van der Waals surface area contributed by atoms with Crippen LogP contribution < -0.4 is 15.0 Å². The summed E-state index contributed by atoms with van der Waals surface area (Å²) in [5.74, 6) is 1.89. The molecule has 0 radical (unpaired) electrons. The summed E-state index contributed by atoms with van der Waals surface area (Å²) >= 11 is 0. The number of fused-ring (bicyclic) bond motifs is 1. The third kappa shape index (κ3) is 4.67. The summed E-state index contributed by atoms with van der Waals surface area (Å²) in [6.07, 6.45) is 0. The molecule has 0 unspecified atom stereocenters. The van der Waals surface area contributed by atoms with Crippen LogP contribution in [0.1, 0.15) is 31.2 Å². The number of hydrogen-bond acceptors (Lipinski definition) is 8. The van der Waals surface area contributed by atoms with Gasteiger partial charge in [0.05, 0.1) is 11.2 Å². The van der Waals surface area contributed by atoms with Crippen LogP contribution in [-0.4, -0.2) is 58.2 Å². The molecule has 0 bridgehead atoms. The van der Waals surface area contributed by atoms with Crippen molar-refractivity contribution in [1.29, 1.82) is 0 Å². The molecule has 0 atom stereocenters. The maximum Gasteiger partial charge on any atom is 0.325 e. The molecule has 5 rings (SSSR count). The summed E-state index contributed by atoms with van der Waals surface area (Å²) in [5, 5.41) is 7.98. The van der Waals surface area contributed by atoms with Gasteiger partial charge in [-0.1, -0.05) is 19.0 Å². The molecule has 2 N–H and O–H groups in total. The lowest BCUT2D eigenvalue weighted by atomic mass is 10.1. The van der Waals surface area contributed by atoms with E-state index < -0.39 is 5.82 Å².